The minimum Gasteiger partial charge on any atom is -0.348 e. The normalized spacial score (nSPS) is 11.5. The Kier molecular flexibility index (Phi) is 13.2. The first-order valence-electron chi connectivity index (χ1n) is 18.1. The summed E-state index contributed by atoms with van der Waals surface area (Å²) in [6, 6.07) is 11.8. The molecular formula is C39H47IN12O2Sn. The molecule has 6 rings (SSSR count). The van der Waals surface area contributed by atoms with E-state index in [1.165, 1.54) is 12.9 Å². The summed E-state index contributed by atoms with van der Waals surface area (Å²) in [7, 11) is 3.40. The third-order valence-corrected chi connectivity index (χ3v) is 15.7. The first-order chi connectivity index (χ1) is 26.0. The SMILES string of the molecule is CC(C)Cc1nn(C)c(=O)c2cn(Cc3ccc(N=[N+]=[N-])[c]([Sn]([CH3])([CH3])[CH3])c3)cc12.CC(C)Cc1nn(C)c(=O)c2cn(Cc3ccc(N=[N+]=[N-])c([125I])c3)cc12. The Morgan fingerprint density at radius 2 is 1.11 bits per heavy atom. The van der Waals surface area contributed by atoms with Crippen LogP contribution < -0.4 is 14.7 Å². The fraction of sp³-hybridized carbons (Fsp3) is 0.385. The van der Waals surface area contributed by atoms with Crippen molar-refractivity contribution in [3.63, 3.8) is 0 Å². The van der Waals surface area contributed by atoms with Crippen molar-refractivity contribution in [2.45, 2.75) is 68.4 Å². The van der Waals surface area contributed by atoms with Gasteiger partial charge in [0.25, 0.3) is 5.56 Å². The standard InChI is InChI=1S/C18H19IN6O.C18H19N6O.3CH3.Sn/c1-11(2)6-17-13-9-25(10-14(13)18(26)24(3)22-17)8-12-4-5-16(21-23-20)15(19)7-12;1-12(2)8-17-15-10-24(11-16(15)18(25)23(3)21-17)9-13-4-6-14(7-5-13)20-22-19;;;;/h4-5,7,9-11H,6,8H2,1-3H3;4-6,10-12H,8-9H2,1-3H3;3*1H3;/i19-2;;;;;. The fourth-order valence-corrected chi connectivity index (χ4v) is 11.6. The largest absolute Gasteiger partial charge is 0.348 e. The Bertz CT molecular complexity index is 2600. The second-order valence-corrected chi connectivity index (χ2v) is 31.3. The van der Waals surface area contributed by atoms with Crippen LogP contribution in [0.3, 0.4) is 0 Å². The van der Waals surface area contributed by atoms with E-state index in [1.807, 2.05) is 59.7 Å². The molecule has 2 aromatic carbocycles. The van der Waals surface area contributed by atoms with Gasteiger partial charge in [0.1, 0.15) is 0 Å². The maximum Gasteiger partial charge on any atom is 0.275 e. The van der Waals surface area contributed by atoms with Crippen LogP contribution >= 0.6 is 22.6 Å². The topological polar surface area (TPSA) is 177 Å². The molecule has 4 aromatic heterocycles. The summed E-state index contributed by atoms with van der Waals surface area (Å²) >= 11 is -0.303. The molecule has 6 aromatic rings. The number of fused-ring (bicyclic) bond motifs is 2. The van der Waals surface area contributed by atoms with Gasteiger partial charge in [-0.1, -0.05) is 31.1 Å². The van der Waals surface area contributed by atoms with Gasteiger partial charge in [-0.05, 0) is 52.1 Å². The van der Waals surface area contributed by atoms with Gasteiger partial charge in [0.05, 0.1) is 16.8 Å². The number of aromatic nitrogens is 6. The van der Waals surface area contributed by atoms with Crippen LogP contribution in [0.1, 0.15) is 50.2 Å². The second-order valence-electron chi connectivity index (χ2n) is 15.7. The average molecular weight is 960 g/mol. The number of hydrogen-bond donors (Lipinski definition) is 0. The van der Waals surface area contributed by atoms with Crippen LogP contribution in [0.2, 0.25) is 14.8 Å². The molecule has 16 heteroatoms. The first kappa shape index (κ1) is 41.6. The van der Waals surface area contributed by atoms with Gasteiger partial charge in [-0.25, -0.2) is 4.68 Å². The molecule has 0 aliphatic heterocycles. The summed E-state index contributed by atoms with van der Waals surface area (Å²) in [4.78, 5) is 37.8. The number of aryl methyl sites for hydroxylation is 2. The van der Waals surface area contributed by atoms with E-state index in [2.05, 4.69) is 106 Å². The van der Waals surface area contributed by atoms with Crippen LogP contribution in [0.5, 0.6) is 0 Å². The van der Waals surface area contributed by atoms with Crippen LogP contribution in [0, 0.1) is 15.4 Å². The molecule has 286 valence electrons. The molecule has 0 spiro atoms. The number of halogens is 1. The van der Waals surface area contributed by atoms with Crippen LogP contribution in [0.15, 0.2) is 81.0 Å². The molecule has 0 aliphatic rings. The molecule has 14 nitrogen and oxygen atoms in total. The molecule has 0 radical (unpaired) electrons. The summed E-state index contributed by atoms with van der Waals surface area (Å²) in [5.41, 5.74) is 22.8. The molecule has 0 fully saturated rings. The smallest absolute Gasteiger partial charge is 0.275 e. The third-order valence-electron chi connectivity index (χ3n) is 9.09. The van der Waals surface area contributed by atoms with Gasteiger partial charge in [0, 0.05) is 39.9 Å². The molecular weight excluding hydrogens is 912 g/mol. The molecule has 0 aliphatic carbocycles. The van der Waals surface area contributed by atoms with E-state index in [4.69, 9.17) is 11.1 Å². The van der Waals surface area contributed by atoms with Crippen molar-refractivity contribution in [1.82, 2.24) is 28.7 Å². The number of rotatable bonds is 11. The fourth-order valence-electron chi connectivity index (χ4n) is 6.60. The first-order valence-corrected chi connectivity index (χ1v) is 29.2. The van der Waals surface area contributed by atoms with Gasteiger partial charge < -0.3 is 4.57 Å². The third kappa shape index (κ3) is 10.0. The van der Waals surface area contributed by atoms with E-state index in [0.717, 1.165) is 55.4 Å². The number of benzene rings is 2. The van der Waals surface area contributed by atoms with Crippen molar-refractivity contribution in [1.29, 1.82) is 0 Å². The van der Waals surface area contributed by atoms with E-state index in [9.17, 15) is 9.59 Å². The average Bonchev–Trinajstić information content (AvgIpc) is 3.73. The summed E-state index contributed by atoms with van der Waals surface area (Å²) < 4.78 is 9.03. The van der Waals surface area contributed by atoms with Gasteiger partial charge in [-0.2, -0.15) is 5.10 Å². The van der Waals surface area contributed by atoms with Crippen LogP contribution in [-0.4, -0.2) is 47.1 Å². The quantitative estimate of drug-likeness (QED) is 0.0414. The number of azide groups is 2. The summed E-state index contributed by atoms with van der Waals surface area (Å²) in [6.45, 7) is 9.88. The Labute approximate surface area is 337 Å². The second kappa shape index (κ2) is 17.5. The van der Waals surface area contributed by atoms with Crippen molar-refractivity contribution < 1.29 is 0 Å². The van der Waals surface area contributed by atoms with E-state index in [1.54, 1.807) is 14.1 Å². The van der Waals surface area contributed by atoms with Crippen LogP contribution in [-0.2, 0) is 40.0 Å². The monoisotopic (exact) mass is 960 g/mol. The van der Waals surface area contributed by atoms with Crippen molar-refractivity contribution in [2.24, 2.45) is 36.2 Å². The summed E-state index contributed by atoms with van der Waals surface area (Å²) in [5.74, 6) is 0.919. The van der Waals surface area contributed by atoms with Crippen LogP contribution in [0.4, 0.5) is 11.4 Å². The van der Waals surface area contributed by atoms with Gasteiger partial charge in [-0.3, -0.25) is 4.79 Å². The number of nitrogens with zero attached hydrogens (tertiary/aromatic N) is 12. The maximum absolute atomic E-state index is 12.6. The Hall–Kier alpha value is -4.57. The Morgan fingerprint density at radius 1 is 0.691 bits per heavy atom. The van der Waals surface area contributed by atoms with Crippen molar-refractivity contribution >= 4 is 77.5 Å². The van der Waals surface area contributed by atoms with E-state index in [0.29, 0.717) is 41.4 Å². The zero-order valence-corrected chi connectivity index (χ0v) is 37.8. The maximum atomic E-state index is 12.6. The summed E-state index contributed by atoms with van der Waals surface area (Å²) in [6.07, 6.45) is 9.49. The molecule has 0 amide bonds. The molecule has 0 N–H and O–H groups in total. The van der Waals surface area contributed by atoms with Crippen molar-refractivity contribution in [3.8, 4) is 0 Å². The minimum absolute atomic E-state index is 0.0726. The van der Waals surface area contributed by atoms with E-state index < -0.39 is 18.4 Å². The van der Waals surface area contributed by atoms with Crippen molar-refractivity contribution in [2.75, 3.05) is 0 Å². The molecule has 55 heavy (non-hydrogen) atoms. The Balaban J connectivity index is 0.000000212. The molecule has 0 saturated heterocycles. The molecule has 0 bridgehead atoms. The minimum atomic E-state index is -2.46. The van der Waals surface area contributed by atoms with Crippen molar-refractivity contribution in [3.05, 3.63) is 129 Å². The zero-order chi connectivity index (χ0) is 40.2. The molecule has 0 unspecified atom stereocenters. The predicted molar refractivity (Wildman–Crippen MR) is 231 cm³/mol. The van der Waals surface area contributed by atoms with Gasteiger partial charge in [0.15, 0.2) is 0 Å². The van der Waals surface area contributed by atoms with Gasteiger partial charge in [0.2, 0.25) is 0 Å². The zero-order valence-electron chi connectivity index (χ0n) is 32.8. The molecule has 4 heterocycles. The predicted octanol–water partition coefficient (Wildman–Crippen LogP) is 9.00. The molecule has 0 atom stereocenters. The van der Waals surface area contributed by atoms with E-state index >= 15 is 0 Å². The van der Waals surface area contributed by atoms with Gasteiger partial charge in [-0.15, -0.1) is 0 Å². The number of hydrogen-bond acceptors (Lipinski definition) is 6. The Morgan fingerprint density at radius 3 is 1.53 bits per heavy atom. The summed E-state index contributed by atoms with van der Waals surface area (Å²) in [5, 5.41) is 19.7. The molecule has 0 saturated carbocycles. The van der Waals surface area contributed by atoms with Crippen LogP contribution in [0.25, 0.3) is 42.4 Å². The van der Waals surface area contributed by atoms with E-state index in [-0.39, 0.29) is 11.1 Å². The van der Waals surface area contributed by atoms with Gasteiger partial charge >= 0.3 is 175 Å².